The molecule has 114 valence electrons. The summed E-state index contributed by atoms with van der Waals surface area (Å²) >= 11 is 0. The Morgan fingerprint density at radius 1 is 1.05 bits per heavy atom. The van der Waals surface area contributed by atoms with Crippen molar-refractivity contribution in [3.63, 3.8) is 0 Å². The van der Waals surface area contributed by atoms with E-state index in [1.807, 2.05) is 6.07 Å². The van der Waals surface area contributed by atoms with Crippen LogP contribution in [0.3, 0.4) is 0 Å². The zero-order valence-electron chi connectivity index (χ0n) is 11.9. The van der Waals surface area contributed by atoms with E-state index in [4.69, 9.17) is 15.6 Å². The number of ether oxygens (including phenoxy) is 1. The maximum atomic E-state index is 11.8. The molecule has 2 aromatic carbocycles. The largest absolute Gasteiger partial charge is 0.481 e. The van der Waals surface area contributed by atoms with Crippen LogP contribution in [0.2, 0.25) is 0 Å². The van der Waals surface area contributed by atoms with Gasteiger partial charge in [0, 0.05) is 6.54 Å². The first-order valence-corrected chi connectivity index (χ1v) is 6.85. The summed E-state index contributed by atoms with van der Waals surface area (Å²) in [6.07, 6.45) is 0. The Balaban J connectivity index is 1.97. The Labute approximate surface area is 128 Å². The first-order chi connectivity index (χ1) is 10.6. The molecule has 0 fully saturated rings. The molecule has 5 nitrogen and oxygen atoms in total. The predicted molar refractivity (Wildman–Crippen MR) is 81.4 cm³/mol. The lowest BCUT2D eigenvalue weighted by molar-refractivity contribution is -0.138. The van der Waals surface area contributed by atoms with Gasteiger partial charge in [-0.25, -0.2) is 4.79 Å². The summed E-state index contributed by atoms with van der Waals surface area (Å²) in [4.78, 5) is 22.9. The highest BCUT2D eigenvalue weighted by Crippen LogP contribution is 2.16. The van der Waals surface area contributed by atoms with Crippen molar-refractivity contribution in [2.45, 2.75) is 12.5 Å². The molecular formula is C17H17NO4. The molecule has 0 spiro atoms. The van der Waals surface area contributed by atoms with E-state index >= 15 is 0 Å². The first-order valence-electron chi connectivity index (χ1n) is 6.85. The Morgan fingerprint density at radius 3 is 2.23 bits per heavy atom. The van der Waals surface area contributed by atoms with Crippen LogP contribution < -0.4 is 5.73 Å². The SMILES string of the molecule is NC[C@@H](C(=O)O)c1ccc(COC(=O)c2ccccc2)cc1. The number of benzene rings is 2. The molecule has 2 aromatic rings. The van der Waals surface area contributed by atoms with Crippen LogP contribution in [0.15, 0.2) is 54.6 Å². The molecule has 0 bridgehead atoms. The Kier molecular flexibility index (Phi) is 5.27. The van der Waals surface area contributed by atoms with Crippen molar-refractivity contribution in [3.8, 4) is 0 Å². The Morgan fingerprint density at radius 2 is 1.68 bits per heavy atom. The number of esters is 1. The van der Waals surface area contributed by atoms with E-state index in [9.17, 15) is 9.59 Å². The van der Waals surface area contributed by atoms with Gasteiger partial charge in [-0.05, 0) is 23.3 Å². The number of hydrogen-bond donors (Lipinski definition) is 2. The molecule has 0 radical (unpaired) electrons. The fourth-order valence-electron chi connectivity index (χ4n) is 2.03. The molecule has 0 aromatic heterocycles. The quantitative estimate of drug-likeness (QED) is 0.798. The van der Waals surface area contributed by atoms with Crippen LogP contribution in [0.4, 0.5) is 0 Å². The van der Waals surface area contributed by atoms with Gasteiger partial charge in [0.1, 0.15) is 6.61 Å². The molecule has 22 heavy (non-hydrogen) atoms. The fraction of sp³-hybridized carbons (Fsp3) is 0.176. The van der Waals surface area contributed by atoms with Crippen molar-refractivity contribution in [1.82, 2.24) is 0 Å². The Bertz CT molecular complexity index is 637. The average molecular weight is 299 g/mol. The van der Waals surface area contributed by atoms with Gasteiger partial charge in [-0.15, -0.1) is 0 Å². The zero-order chi connectivity index (χ0) is 15.9. The van der Waals surface area contributed by atoms with E-state index in [-0.39, 0.29) is 13.2 Å². The number of carboxylic acid groups (broad SMARTS) is 1. The summed E-state index contributed by atoms with van der Waals surface area (Å²) in [5.74, 6) is -2.07. The molecule has 0 amide bonds. The van der Waals surface area contributed by atoms with Crippen molar-refractivity contribution in [3.05, 3.63) is 71.3 Å². The van der Waals surface area contributed by atoms with E-state index in [0.29, 0.717) is 11.1 Å². The van der Waals surface area contributed by atoms with E-state index < -0.39 is 17.9 Å². The van der Waals surface area contributed by atoms with Crippen LogP contribution in [-0.2, 0) is 16.1 Å². The normalized spacial score (nSPS) is 11.7. The number of carbonyl (C=O) groups excluding carboxylic acids is 1. The molecule has 5 heteroatoms. The van der Waals surface area contributed by atoms with E-state index in [2.05, 4.69) is 0 Å². The molecule has 0 aliphatic carbocycles. The number of rotatable bonds is 6. The lowest BCUT2D eigenvalue weighted by Crippen LogP contribution is -2.21. The van der Waals surface area contributed by atoms with Crippen molar-refractivity contribution in [1.29, 1.82) is 0 Å². The van der Waals surface area contributed by atoms with Crippen LogP contribution in [0.5, 0.6) is 0 Å². The molecule has 0 heterocycles. The monoisotopic (exact) mass is 299 g/mol. The fourth-order valence-corrected chi connectivity index (χ4v) is 2.03. The van der Waals surface area contributed by atoms with Gasteiger partial charge in [0.25, 0.3) is 0 Å². The molecular weight excluding hydrogens is 282 g/mol. The van der Waals surface area contributed by atoms with Crippen molar-refractivity contribution in [2.75, 3.05) is 6.54 Å². The van der Waals surface area contributed by atoms with E-state index in [1.54, 1.807) is 48.5 Å². The Hall–Kier alpha value is -2.66. The number of hydrogen-bond acceptors (Lipinski definition) is 4. The standard InChI is InChI=1S/C17H17NO4/c18-10-15(16(19)20)13-8-6-12(7-9-13)11-22-17(21)14-4-2-1-3-5-14/h1-9,15H,10-11,18H2,(H,19,20)/t15-/m1/s1. The highest BCUT2D eigenvalue weighted by atomic mass is 16.5. The molecule has 0 saturated heterocycles. The first kappa shape index (κ1) is 15.7. The summed E-state index contributed by atoms with van der Waals surface area (Å²) in [6, 6.07) is 15.6. The van der Waals surface area contributed by atoms with E-state index in [0.717, 1.165) is 5.56 Å². The van der Waals surface area contributed by atoms with Gasteiger partial charge in [0.05, 0.1) is 11.5 Å². The molecule has 0 unspecified atom stereocenters. The number of nitrogens with two attached hydrogens (primary N) is 1. The number of carboxylic acids is 1. The van der Waals surface area contributed by atoms with Crippen LogP contribution >= 0.6 is 0 Å². The van der Waals surface area contributed by atoms with E-state index in [1.165, 1.54) is 0 Å². The average Bonchev–Trinajstić information content (AvgIpc) is 2.55. The van der Waals surface area contributed by atoms with Crippen LogP contribution in [-0.4, -0.2) is 23.6 Å². The third-order valence-corrected chi connectivity index (χ3v) is 3.30. The third kappa shape index (κ3) is 3.93. The molecule has 0 aliphatic heterocycles. The number of carbonyl (C=O) groups is 2. The topological polar surface area (TPSA) is 89.6 Å². The third-order valence-electron chi connectivity index (χ3n) is 3.30. The second-order valence-corrected chi connectivity index (χ2v) is 4.81. The lowest BCUT2D eigenvalue weighted by atomic mass is 9.98. The second-order valence-electron chi connectivity index (χ2n) is 4.81. The van der Waals surface area contributed by atoms with Gasteiger partial charge in [0.2, 0.25) is 0 Å². The van der Waals surface area contributed by atoms with Crippen molar-refractivity contribution < 1.29 is 19.4 Å². The van der Waals surface area contributed by atoms with Crippen molar-refractivity contribution >= 4 is 11.9 Å². The smallest absolute Gasteiger partial charge is 0.338 e. The zero-order valence-corrected chi connectivity index (χ0v) is 11.9. The van der Waals surface area contributed by atoms with Crippen LogP contribution in [0.1, 0.15) is 27.4 Å². The number of aliphatic carboxylic acids is 1. The van der Waals surface area contributed by atoms with Gasteiger partial charge in [-0.1, -0.05) is 42.5 Å². The second kappa shape index (κ2) is 7.38. The summed E-state index contributed by atoms with van der Waals surface area (Å²) in [7, 11) is 0. The van der Waals surface area contributed by atoms with Gasteiger partial charge in [-0.2, -0.15) is 0 Å². The summed E-state index contributed by atoms with van der Waals surface area (Å²) in [5, 5.41) is 9.05. The minimum absolute atomic E-state index is 0.0394. The van der Waals surface area contributed by atoms with Gasteiger partial charge < -0.3 is 15.6 Å². The molecule has 3 N–H and O–H groups in total. The predicted octanol–water partition coefficient (Wildman–Crippen LogP) is 2.17. The highest BCUT2D eigenvalue weighted by molar-refractivity contribution is 5.89. The molecule has 2 rings (SSSR count). The molecule has 1 atom stereocenters. The minimum Gasteiger partial charge on any atom is -0.481 e. The molecule has 0 aliphatic rings. The van der Waals surface area contributed by atoms with Gasteiger partial charge in [-0.3, -0.25) is 4.79 Å². The lowest BCUT2D eigenvalue weighted by Gasteiger charge is -2.11. The molecule has 0 saturated carbocycles. The van der Waals surface area contributed by atoms with Gasteiger partial charge >= 0.3 is 11.9 Å². The summed E-state index contributed by atoms with van der Waals surface area (Å²) in [6.45, 7) is 0.173. The maximum Gasteiger partial charge on any atom is 0.338 e. The minimum atomic E-state index is -0.953. The highest BCUT2D eigenvalue weighted by Gasteiger charge is 2.17. The van der Waals surface area contributed by atoms with Crippen LogP contribution in [0, 0.1) is 0 Å². The van der Waals surface area contributed by atoms with Gasteiger partial charge in [0.15, 0.2) is 0 Å². The summed E-state index contributed by atoms with van der Waals surface area (Å²) < 4.78 is 5.21. The summed E-state index contributed by atoms with van der Waals surface area (Å²) in [5.41, 5.74) is 7.37. The van der Waals surface area contributed by atoms with Crippen LogP contribution in [0.25, 0.3) is 0 Å². The maximum absolute atomic E-state index is 11.8. The van der Waals surface area contributed by atoms with Crippen molar-refractivity contribution in [2.24, 2.45) is 5.73 Å².